The highest BCUT2D eigenvalue weighted by Crippen LogP contribution is 2.24. The second-order valence-corrected chi connectivity index (χ2v) is 8.06. The number of amides is 1. The van der Waals surface area contributed by atoms with E-state index in [4.69, 9.17) is 9.15 Å². The van der Waals surface area contributed by atoms with Gasteiger partial charge in [-0.2, -0.15) is 0 Å². The predicted octanol–water partition coefficient (Wildman–Crippen LogP) is 3.94. The van der Waals surface area contributed by atoms with Crippen LogP contribution in [0, 0.1) is 6.92 Å². The molecule has 3 aromatic rings. The summed E-state index contributed by atoms with van der Waals surface area (Å²) in [5.41, 5.74) is 1.61. The SMILES string of the molecule is CCOc1ccc(NC(=O)[C@H](C)Sc2nnc(Cc3csc(C)n3)o2)cc1. The van der Waals surface area contributed by atoms with Gasteiger partial charge in [0.05, 0.1) is 29.0 Å². The molecule has 0 bridgehead atoms. The summed E-state index contributed by atoms with van der Waals surface area (Å²) >= 11 is 2.81. The zero-order valence-corrected chi connectivity index (χ0v) is 16.9. The number of thiazole rings is 1. The van der Waals surface area contributed by atoms with Gasteiger partial charge in [0.25, 0.3) is 5.22 Å². The Labute approximate surface area is 165 Å². The van der Waals surface area contributed by atoms with Crippen molar-refractivity contribution in [1.82, 2.24) is 15.2 Å². The molecule has 0 spiro atoms. The standard InChI is InChI=1S/C18H20N4O3S2/c1-4-24-15-7-5-13(6-8-15)20-17(23)11(2)27-18-22-21-16(25-18)9-14-10-26-12(3)19-14/h5-8,10-11H,4,9H2,1-3H3,(H,20,23)/t11-/m0/s1. The minimum absolute atomic E-state index is 0.140. The predicted molar refractivity (Wildman–Crippen MR) is 106 cm³/mol. The molecule has 0 fully saturated rings. The van der Waals surface area contributed by atoms with Crippen LogP contribution < -0.4 is 10.1 Å². The van der Waals surface area contributed by atoms with E-state index in [1.165, 1.54) is 11.8 Å². The van der Waals surface area contributed by atoms with Gasteiger partial charge in [0.1, 0.15) is 5.75 Å². The average molecular weight is 405 g/mol. The number of anilines is 1. The molecule has 0 saturated heterocycles. The molecule has 1 amide bonds. The molecule has 2 heterocycles. The number of hydrogen-bond donors (Lipinski definition) is 1. The second kappa shape index (κ2) is 9.01. The van der Waals surface area contributed by atoms with Crippen molar-refractivity contribution in [2.24, 2.45) is 0 Å². The topological polar surface area (TPSA) is 90.1 Å². The molecule has 0 aliphatic carbocycles. The van der Waals surface area contributed by atoms with E-state index in [9.17, 15) is 4.79 Å². The Bertz CT molecular complexity index is 892. The first-order valence-corrected chi connectivity index (χ1v) is 10.2. The van der Waals surface area contributed by atoms with E-state index >= 15 is 0 Å². The van der Waals surface area contributed by atoms with Crippen LogP contribution in [0.3, 0.4) is 0 Å². The first kappa shape index (κ1) is 19.4. The largest absolute Gasteiger partial charge is 0.494 e. The molecule has 7 nitrogen and oxygen atoms in total. The average Bonchev–Trinajstić information content (AvgIpc) is 3.26. The number of nitrogens with zero attached hydrogens (tertiary/aromatic N) is 3. The van der Waals surface area contributed by atoms with E-state index < -0.39 is 0 Å². The number of ether oxygens (including phenoxy) is 1. The molecule has 27 heavy (non-hydrogen) atoms. The summed E-state index contributed by atoms with van der Waals surface area (Å²) in [6.07, 6.45) is 0.491. The molecule has 1 aromatic carbocycles. The van der Waals surface area contributed by atoms with Gasteiger partial charge in [-0.3, -0.25) is 4.79 Å². The number of aryl methyl sites for hydroxylation is 1. The summed E-state index contributed by atoms with van der Waals surface area (Å²) in [4.78, 5) is 16.7. The number of aromatic nitrogens is 3. The van der Waals surface area contributed by atoms with Gasteiger partial charge in [-0.05, 0) is 45.0 Å². The quantitative estimate of drug-likeness (QED) is 0.569. The van der Waals surface area contributed by atoms with E-state index in [0.29, 0.717) is 29.8 Å². The molecule has 0 radical (unpaired) electrons. The molecule has 0 saturated carbocycles. The van der Waals surface area contributed by atoms with Crippen LogP contribution in [-0.4, -0.2) is 32.9 Å². The third-order valence-electron chi connectivity index (χ3n) is 3.53. The Morgan fingerprint density at radius 3 is 2.78 bits per heavy atom. The number of carbonyl (C=O) groups excluding carboxylic acids is 1. The van der Waals surface area contributed by atoms with Crippen molar-refractivity contribution >= 4 is 34.7 Å². The fourth-order valence-electron chi connectivity index (χ4n) is 2.25. The second-order valence-electron chi connectivity index (χ2n) is 5.70. The van der Waals surface area contributed by atoms with E-state index in [-0.39, 0.29) is 11.2 Å². The van der Waals surface area contributed by atoms with Gasteiger partial charge in [-0.25, -0.2) is 4.98 Å². The highest BCUT2D eigenvalue weighted by atomic mass is 32.2. The lowest BCUT2D eigenvalue weighted by molar-refractivity contribution is -0.115. The van der Waals surface area contributed by atoms with Crippen LogP contribution in [0.15, 0.2) is 39.3 Å². The van der Waals surface area contributed by atoms with Crippen molar-refractivity contribution in [2.75, 3.05) is 11.9 Å². The van der Waals surface area contributed by atoms with Gasteiger partial charge < -0.3 is 14.5 Å². The smallest absolute Gasteiger partial charge is 0.277 e. The van der Waals surface area contributed by atoms with Crippen LogP contribution in [-0.2, 0) is 11.2 Å². The molecule has 9 heteroatoms. The summed E-state index contributed by atoms with van der Waals surface area (Å²) in [6.45, 7) is 6.28. The number of nitrogens with one attached hydrogen (secondary N) is 1. The van der Waals surface area contributed by atoms with Gasteiger partial charge in [0.2, 0.25) is 11.8 Å². The third kappa shape index (κ3) is 5.54. The van der Waals surface area contributed by atoms with Gasteiger partial charge in [0, 0.05) is 11.1 Å². The summed E-state index contributed by atoms with van der Waals surface area (Å²) < 4.78 is 11.0. The van der Waals surface area contributed by atoms with E-state index in [0.717, 1.165) is 16.5 Å². The van der Waals surface area contributed by atoms with Crippen LogP contribution in [0.4, 0.5) is 5.69 Å². The molecule has 0 aliphatic rings. The maximum atomic E-state index is 12.4. The van der Waals surface area contributed by atoms with Crippen LogP contribution in [0.2, 0.25) is 0 Å². The number of carbonyl (C=O) groups is 1. The van der Waals surface area contributed by atoms with Gasteiger partial charge in [-0.1, -0.05) is 11.8 Å². The third-order valence-corrected chi connectivity index (χ3v) is 5.28. The van der Waals surface area contributed by atoms with Crippen LogP contribution >= 0.6 is 23.1 Å². The van der Waals surface area contributed by atoms with Crippen molar-refractivity contribution < 1.29 is 13.9 Å². The molecular formula is C18H20N4O3S2. The fraction of sp³-hybridized carbons (Fsp3) is 0.333. The normalized spacial score (nSPS) is 12.0. The number of benzene rings is 1. The van der Waals surface area contributed by atoms with Gasteiger partial charge >= 0.3 is 0 Å². The molecule has 3 rings (SSSR count). The van der Waals surface area contributed by atoms with Crippen molar-refractivity contribution in [2.45, 2.75) is 37.7 Å². The highest BCUT2D eigenvalue weighted by Gasteiger charge is 2.19. The molecular weight excluding hydrogens is 384 g/mol. The van der Waals surface area contributed by atoms with E-state index in [2.05, 4.69) is 20.5 Å². The van der Waals surface area contributed by atoms with E-state index in [1.54, 1.807) is 30.4 Å². The number of thioether (sulfide) groups is 1. The summed E-state index contributed by atoms with van der Waals surface area (Å²) in [6, 6.07) is 7.25. The Hall–Kier alpha value is -2.39. The minimum atomic E-state index is -0.383. The minimum Gasteiger partial charge on any atom is -0.494 e. The summed E-state index contributed by atoms with van der Waals surface area (Å²) in [7, 11) is 0. The monoisotopic (exact) mass is 404 g/mol. The Morgan fingerprint density at radius 2 is 2.11 bits per heavy atom. The maximum absolute atomic E-state index is 12.4. The first-order chi connectivity index (χ1) is 13.0. The molecule has 142 valence electrons. The fourth-order valence-corrected chi connectivity index (χ4v) is 3.56. The maximum Gasteiger partial charge on any atom is 0.277 e. The van der Waals surface area contributed by atoms with Crippen LogP contribution in [0.25, 0.3) is 0 Å². The molecule has 2 aromatic heterocycles. The van der Waals surface area contributed by atoms with Crippen LogP contribution in [0.1, 0.15) is 30.4 Å². The number of rotatable bonds is 8. The lowest BCUT2D eigenvalue weighted by atomic mass is 10.3. The Kier molecular flexibility index (Phi) is 6.46. The molecule has 0 aliphatic heterocycles. The highest BCUT2D eigenvalue weighted by molar-refractivity contribution is 8.00. The summed E-state index contributed by atoms with van der Waals surface area (Å²) in [5, 5.41) is 13.9. The zero-order valence-electron chi connectivity index (χ0n) is 15.3. The van der Waals surface area contributed by atoms with Crippen molar-refractivity contribution in [3.8, 4) is 5.75 Å². The zero-order chi connectivity index (χ0) is 19.2. The Morgan fingerprint density at radius 1 is 1.33 bits per heavy atom. The van der Waals surface area contributed by atoms with Crippen molar-refractivity contribution in [3.63, 3.8) is 0 Å². The van der Waals surface area contributed by atoms with Crippen molar-refractivity contribution in [1.29, 1.82) is 0 Å². The van der Waals surface area contributed by atoms with Gasteiger partial charge in [-0.15, -0.1) is 21.5 Å². The number of hydrogen-bond acceptors (Lipinski definition) is 8. The van der Waals surface area contributed by atoms with Crippen LogP contribution in [0.5, 0.6) is 5.75 Å². The molecule has 1 N–H and O–H groups in total. The molecule has 0 unspecified atom stereocenters. The first-order valence-electron chi connectivity index (χ1n) is 8.47. The lowest BCUT2D eigenvalue weighted by Crippen LogP contribution is -2.22. The lowest BCUT2D eigenvalue weighted by Gasteiger charge is -2.10. The van der Waals surface area contributed by atoms with E-state index in [1.807, 2.05) is 31.4 Å². The summed E-state index contributed by atoms with van der Waals surface area (Å²) in [5.74, 6) is 1.12. The molecule has 1 atom stereocenters. The van der Waals surface area contributed by atoms with Gasteiger partial charge in [0.15, 0.2) is 0 Å². The van der Waals surface area contributed by atoms with Crippen molar-refractivity contribution in [3.05, 3.63) is 46.2 Å². The Balaban J connectivity index is 1.53.